The van der Waals surface area contributed by atoms with E-state index in [-0.39, 0.29) is 16.7 Å². The molecule has 1 atom stereocenters. The maximum absolute atomic E-state index is 11.0. The molecule has 0 bridgehead atoms. The van der Waals surface area contributed by atoms with Gasteiger partial charge >= 0.3 is 0 Å². The normalized spacial score (nSPS) is 19.1. The first-order valence-corrected chi connectivity index (χ1v) is 10.6. The van der Waals surface area contributed by atoms with E-state index in [1.165, 1.54) is 6.07 Å². The summed E-state index contributed by atoms with van der Waals surface area (Å²) in [5.74, 6) is 0.924. The van der Waals surface area contributed by atoms with E-state index in [4.69, 9.17) is 9.57 Å². The van der Waals surface area contributed by atoms with Crippen molar-refractivity contribution >= 4 is 17.1 Å². The average molecular weight is 425 g/mol. The zero-order valence-electron chi connectivity index (χ0n) is 17.7. The molecule has 0 saturated carbocycles. The van der Waals surface area contributed by atoms with Gasteiger partial charge in [-0.25, -0.2) is 0 Å². The summed E-state index contributed by atoms with van der Waals surface area (Å²) in [5, 5.41) is 11.0. The Morgan fingerprint density at radius 3 is 2.74 bits per heavy atom. The highest BCUT2D eigenvalue weighted by Crippen LogP contribution is 2.28. The van der Waals surface area contributed by atoms with E-state index in [9.17, 15) is 10.1 Å². The molecule has 4 rings (SSSR count). The highest BCUT2D eigenvalue weighted by Gasteiger charge is 2.21. The molecular formula is C23H28N4O4. The molecule has 1 fully saturated rings. The maximum Gasteiger partial charge on any atom is 0.270 e. The first kappa shape index (κ1) is 21.1. The van der Waals surface area contributed by atoms with Crippen LogP contribution in [0.3, 0.4) is 0 Å². The second-order valence-corrected chi connectivity index (χ2v) is 7.79. The van der Waals surface area contributed by atoms with Crippen LogP contribution in [0, 0.1) is 10.1 Å². The number of nitro groups is 1. The first-order chi connectivity index (χ1) is 15.1. The van der Waals surface area contributed by atoms with Crippen LogP contribution >= 0.6 is 0 Å². The standard InChI is InChI=1S/C23H28N4O4/c1-30-23-10-3-2-9-22(23)26-14-12-25(13-15-26)11-5-8-20-17-21(24-31-20)18-6-4-7-19(16-18)27(28)29/h2-4,6-7,9-10,16-17,20,24H,5,8,11-15H2,1H3. The minimum Gasteiger partial charge on any atom is -0.495 e. The largest absolute Gasteiger partial charge is 0.495 e. The average Bonchev–Trinajstić information content (AvgIpc) is 3.28. The Balaban J connectivity index is 1.23. The number of methoxy groups -OCH3 is 1. The number of benzene rings is 2. The molecule has 31 heavy (non-hydrogen) atoms. The number of anilines is 1. The zero-order valence-corrected chi connectivity index (χ0v) is 17.7. The molecule has 0 amide bonds. The van der Waals surface area contributed by atoms with Crippen molar-refractivity contribution in [2.75, 3.05) is 44.7 Å². The Bertz CT molecular complexity index is 941. The molecule has 2 aromatic rings. The number of ether oxygens (including phenoxy) is 1. The number of nitro benzene ring substituents is 1. The van der Waals surface area contributed by atoms with Crippen molar-refractivity contribution in [3.8, 4) is 5.75 Å². The van der Waals surface area contributed by atoms with Crippen LogP contribution in [0.1, 0.15) is 18.4 Å². The van der Waals surface area contributed by atoms with Gasteiger partial charge in [0.15, 0.2) is 0 Å². The summed E-state index contributed by atoms with van der Waals surface area (Å²) >= 11 is 0. The highest BCUT2D eigenvalue weighted by molar-refractivity contribution is 5.66. The maximum atomic E-state index is 11.0. The van der Waals surface area contributed by atoms with Crippen molar-refractivity contribution in [2.45, 2.75) is 18.9 Å². The van der Waals surface area contributed by atoms with Crippen LogP contribution in [0.5, 0.6) is 5.75 Å². The molecule has 1 saturated heterocycles. The smallest absolute Gasteiger partial charge is 0.270 e. The molecule has 8 nitrogen and oxygen atoms in total. The number of hydrogen-bond acceptors (Lipinski definition) is 7. The van der Waals surface area contributed by atoms with Gasteiger partial charge in [0.1, 0.15) is 11.9 Å². The third-order valence-electron chi connectivity index (χ3n) is 5.80. The lowest BCUT2D eigenvalue weighted by atomic mass is 10.1. The van der Waals surface area contributed by atoms with E-state index in [1.54, 1.807) is 19.2 Å². The molecule has 1 unspecified atom stereocenters. The van der Waals surface area contributed by atoms with Crippen LogP contribution in [0.4, 0.5) is 11.4 Å². The van der Waals surface area contributed by atoms with Crippen molar-refractivity contribution in [1.29, 1.82) is 0 Å². The minimum atomic E-state index is -0.384. The number of piperazine rings is 1. The van der Waals surface area contributed by atoms with Gasteiger partial charge in [-0.15, -0.1) is 0 Å². The molecule has 164 valence electrons. The molecule has 0 aliphatic carbocycles. The summed E-state index contributed by atoms with van der Waals surface area (Å²) < 4.78 is 5.49. The van der Waals surface area contributed by atoms with Crippen LogP contribution < -0.4 is 15.1 Å². The molecule has 2 aromatic carbocycles. The van der Waals surface area contributed by atoms with E-state index < -0.39 is 0 Å². The number of hydroxylamine groups is 1. The number of hydrogen-bond donors (Lipinski definition) is 1. The van der Waals surface area contributed by atoms with E-state index in [0.717, 1.165) is 68.3 Å². The number of rotatable bonds is 8. The minimum absolute atomic E-state index is 0.0240. The molecule has 2 aliphatic rings. The third kappa shape index (κ3) is 5.15. The molecule has 0 radical (unpaired) electrons. The van der Waals surface area contributed by atoms with Crippen molar-refractivity contribution < 1.29 is 14.5 Å². The highest BCUT2D eigenvalue weighted by atomic mass is 16.7. The lowest BCUT2D eigenvalue weighted by Gasteiger charge is -2.36. The van der Waals surface area contributed by atoms with Crippen LogP contribution in [-0.4, -0.2) is 55.8 Å². The number of para-hydroxylation sites is 2. The summed E-state index contributed by atoms with van der Waals surface area (Å²) in [6.45, 7) is 5.05. The van der Waals surface area contributed by atoms with Gasteiger partial charge in [0.25, 0.3) is 5.69 Å². The quantitative estimate of drug-likeness (QED) is 0.514. The van der Waals surface area contributed by atoms with E-state index in [1.807, 2.05) is 24.3 Å². The topological polar surface area (TPSA) is 80.1 Å². The monoisotopic (exact) mass is 424 g/mol. The number of non-ortho nitro benzene ring substituents is 1. The number of nitrogens with one attached hydrogen (secondary N) is 1. The van der Waals surface area contributed by atoms with Gasteiger partial charge in [-0.2, -0.15) is 0 Å². The Morgan fingerprint density at radius 2 is 1.97 bits per heavy atom. The fourth-order valence-corrected chi connectivity index (χ4v) is 4.10. The Kier molecular flexibility index (Phi) is 6.69. The third-order valence-corrected chi connectivity index (χ3v) is 5.80. The summed E-state index contributed by atoms with van der Waals surface area (Å²) in [5.41, 5.74) is 5.72. The summed E-state index contributed by atoms with van der Waals surface area (Å²) in [7, 11) is 1.72. The molecule has 2 aliphatic heterocycles. The molecular weight excluding hydrogens is 396 g/mol. The van der Waals surface area contributed by atoms with Crippen molar-refractivity contribution in [1.82, 2.24) is 10.4 Å². The van der Waals surface area contributed by atoms with Crippen molar-refractivity contribution in [2.24, 2.45) is 0 Å². The molecule has 2 heterocycles. The van der Waals surface area contributed by atoms with Gasteiger partial charge < -0.3 is 9.64 Å². The van der Waals surface area contributed by atoms with Gasteiger partial charge in [0.2, 0.25) is 0 Å². The lowest BCUT2D eigenvalue weighted by Crippen LogP contribution is -2.46. The molecule has 0 aromatic heterocycles. The first-order valence-electron chi connectivity index (χ1n) is 10.6. The summed E-state index contributed by atoms with van der Waals surface area (Å²) in [6.07, 6.45) is 3.92. The predicted octanol–water partition coefficient (Wildman–Crippen LogP) is 3.45. The van der Waals surface area contributed by atoms with Gasteiger partial charge in [0.05, 0.1) is 23.4 Å². The summed E-state index contributed by atoms with van der Waals surface area (Å²) in [4.78, 5) is 21.1. The van der Waals surface area contributed by atoms with Gasteiger partial charge in [-0.1, -0.05) is 24.3 Å². The molecule has 0 spiro atoms. The van der Waals surface area contributed by atoms with Crippen LogP contribution in [0.2, 0.25) is 0 Å². The van der Waals surface area contributed by atoms with E-state index in [0.29, 0.717) is 0 Å². The Morgan fingerprint density at radius 1 is 1.16 bits per heavy atom. The molecule has 8 heteroatoms. The second-order valence-electron chi connectivity index (χ2n) is 7.79. The van der Waals surface area contributed by atoms with Crippen molar-refractivity contribution in [3.05, 3.63) is 70.3 Å². The van der Waals surface area contributed by atoms with Gasteiger partial charge in [-0.05, 0) is 37.6 Å². The predicted molar refractivity (Wildman–Crippen MR) is 120 cm³/mol. The van der Waals surface area contributed by atoms with Gasteiger partial charge in [-0.3, -0.25) is 25.3 Å². The number of nitrogens with zero attached hydrogens (tertiary/aromatic N) is 3. The Hall–Kier alpha value is -3.10. The van der Waals surface area contributed by atoms with Crippen molar-refractivity contribution in [3.63, 3.8) is 0 Å². The van der Waals surface area contributed by atoms with Crippen LogP contribution in [0.15, 0.2) is 54.6 Å². The Labute approximate surface area is 182 Å². The fraction of sp³-hybridized carbons (Fsp3) is 0.391. The van der Waals surface area contributed by atoms with E-state index in [2.05, 4.69) is 27.4 Å². The molecule has 1 N–H and O–H groups in total. The fourth-order valence-electron chi connectivity index (χ4n) is 4.10. The van der Waals surface area contributed by atoms with Crippen LogP contribution in [-0.2, 0) is 4.84 Å². The van der Waals surface area contributed by atoms with Gasteiger partial charge in [0, 0.05) is 43.9 Å². The zero-order chi connectivity index (χ0) is 21.6. The second kappa shape index (κ2) is 9.80. The van der Waals surface area contributed by atoms with Crippen LogP contribution in [0.25, 0.3) is 5.70 Å². The summed E-state index contributed by atoms with van der Waals surface area (Å²) in [6, 6.07) is 14.8. The van der Waals surface area contributed by atoms with E-state index >= 15 is 0 Å². The SMILES string of the molecule is COc1ccccc1N1CCN(CCCC2C=C(c3cccc([N+](=O)[O-])c3)NO2)CC1. The lowest BCUT2D eigenvalue weighted by molar-refractivity contribution is -0.384.